The highest BCUT2D eigenvalue weighted by Crippen LogP contribution is 2.41. The zero-order chi connectivity index (χ0) is 21.4. The Bertz CT molecular complexity index is 902. The van der Waals surface area contributed by atoms with E-state index in [0.717, 1.165) is 36.7 Å². The van der Waals surface area contributed by atoms with Gasteiger partial charge < -0.3 is 15.7 Å². The number of aromatic nitrogens is 2. The fourth-order valence-electron chi connectivity index (χ4n) is 2.97. The SMILES string of the molecule is CC(C)(O)CNC(=O)c1ncc(-c2cnc(NC3(C)CCC3)cc2C(F)(F)F)s1. The van der Waals surface area contributed by atoms with Crippen LogP contribution in [0, 0.1) is 0 Å². The van der Waals surface area contributed by atoms with E-state index in [0.29, 0.717) is 0 Å². The van der Waals surface area contributed by atoms with E-state index in [2.05, 4.69) is 20.6 Å². The van der Waals surface area contributed by atoms with E-state index in [1.54, 1.807) is 0 Å². The number of nitrogens with zero attached hydrogens (tertiary/aromatic N) is 2. The first-order valence-corrected chi connectivity index (χ1v) is 10.0. The van der Waals surface area contributed by atoms with Crippen LogP contribution in [0.1, 0.15) is 55.4 Å². The molecule has 1 fully saturated rings. The first-order chi connectivity index (χ1) is 13.4. The van der Waals surface area contributed by atoms with Gasteiger partial charge in [0.25, 0.3) is 5.91 Å². The van der Waals surface area contributed by atoms with Gasteiger partial charge in [0.2, 0.25) is 0 Å². The lowest BCUT2D eigenvalue weighted by atomic mass is 9.78. The molecule has 0 atom stereocenters. The number of nitrogens with one attached hydrogen (secondary N) is 2. The van der Waals surface area contributed by atoms with Crippen molar-refractivity contribution in [1.29, 1.82) is 0 Å². The van der Waals surface area contributed by atoms with Crippen molar-refractivity contribution in [2.75, 3.05) is 11.9 Å². The molecule has 0 spiro atoms. The number of aliphatic hydroxyl groups is 1. The number of amides is 1. The summed E-state index contributed by atoms with van der Waals surface area (Å²) in [6.45, 7) is 5.01. The summed E-state index contributed by atoms with van der Waals surface area (Å²) >= 11 is 0.844. The molecular formula is C19H23F3N4O2S. The van der Waals surface area contributed by atoms with E-state index in [-0.39, 0.29) is 33.3 Å². The molecule has 0 saturated heterocycles. The van der Waals surface area contributed by atoms with Crippen molar-refractivity contribution in [3.05, 3.63) is 29.0 Å². The van der Waals surface area contributed by atoms with Crippen LogP contribution in [-0.4, -0.2) is 38.7 Å². The van der Waals surface area contributed by atoms with Crippen LogP contribution in [0.15, 0.2) is 18.5 Å². The van der Waals surface area contributed by atoms with Crippen LogP contribution >= 0.6 is 11.3 Å². The van der Waals surface area contributed by atoms with Gasteiger partial charge in [-0.25, -0.2) is 9.97 Å². The molecule has 3 N–H and O–H groups in total. The smallest absolute Gasteiger partial charge is 0.389 e. The molecule has 2 aromatic rings. The monoisotopic (exact) mass is 428 g/mol. The number of alkyl halides is 3. The predicted molar refractivity (Wildman–Crippen MR) is 105 cm³/mol. The van der Waals surface area contributed by atoms with Gasteiger partial charge >= 0.3 is 6.18 Å². The number of rotatable bonds is 6. The van der Waals surface area contributed by atoms with Gasteiger partial charge in [0.1, 0.15) is 5.82 Å². The van der Waals surface area contributed by atoms with E-state index in [1.807, 2.05) is 6.92 Å². The van der Waals surface area contributed by atoms with Crippen molar-refractivity contribution in [3.63, 3.8) is 0 Å². The van der Waals surface area contributed by atoms with Crippen LogP contribution in [0.5, 0.6) is 0 Å². The molecular weight excluding hydrogens is 405 g/mol. The molecule has 6 nitrogen and oxygen atoms in total. The third-order valence-corrected chi connectivity index (χ3v) is 5.77. The molecule has 0 aromatic carbocycles. The third-order valence-electron chi connectivity index (χ3n) is 4.74. The minimum absolute atomic E-state index is 0.00472. The molecule has 0 radical (unpaired) electrons. The van der Waals surface area contributed by atoms with Crippen molar-refractivity contribution >= 4 is 23.1 Å². The number of thiazole rings is 1. The topological polar surface area (TPSA) is 87.1 Å². The van der Waals surface area contributed by atoms with Gasteiger partial charge in [0.15, 0.2) is 5.01 Å². The Morgan fingerprint density at radius 2 is 1.97 bits per heavy atom. The van der Waals surface area contributed by atoms with Gasteiger partial charge in [-0.15, -0.1) is 11.3 Å². The molecule has 10 heteroatoms. The standard InChI is InChI=1S/C19H23F3N4O2S/c1-17(2,28)10-25-15(27)16-24-9-13(29-16)11-8-23-14(7-12(11)19(20,21)22)26-18(3)5-4-6-18/h7-9,28H,4-6,10H2,1-3H3,(H,23,26)(H,25,27). The van der Waals surface area contributed by atoms with Crippen LogP contribution in [-0.2, 0) is 6.18 Å². The Labute approximate surface area is 170 Å². The minimum Gasteiger partial charge on any atom is -0.389 e. The lowest BCUT2D eigenvalue weighted by Crippen LogP contribution is -2.41. The van der Waals surface area contributed by atoms with Crippen molar-refractivity contribution in [3.8, 4) is 10.4 Å². The predicted octanol–water partition coefficient (Wildman–Crippen LogP) is 4.08. The van der Waals surface area contributed by atoms with Gasteiger partial charge in [-0.1, -0.05) is 0 Å². The Kier molecular flexibility index (Phi) is 5.61. The molecule has 1 amide bonds. The molecule has 3 rings (SSSR count). The lowest BCUT2D eigenvalue weighted by Gasteiger charge is -2.39. The Morgan fingerprint density at radius 1 is 1.28 bits per heavy atom. The van der Waals surface area contributed by atoms with Crippen LogP contribution < -0.4 is 10.6 Å². The van der Waals surface area contributed by atoms with Gasteiger partial charge in [-0.2, -0.15) is 13.2 Å². The quantitative estimate of drug-likeness (QED) is 0.645. The molecule has 2 heterocycles. The second-order valence-corrected chi connectivity index (χ2v) is 9.21. The average molecular weight is 428 g/mol. The number of anilines is 1. The molecule has 1 saturated carbocycles. The van der Waals surface area contributed by atoms with E-state index in [1.165, 1.54) is 26.2 Å². The highest BCUT2D eigenvalue weighted by atomic mass is 32.1. The fourth-order valence-corrected chi connectivity index (χ4v) is 3.83. The summed E-state index contributed by atoms with van der Waals surface area (Å²) in [5.41, 5.74) is -2.29. The summed E-state index contributed by atoms with van der Waals surface area (Å²) in [6, 6.07) is 1.01. The number of hydrogen-bond acceptors (Lipinski definition) is 6. The summed E-state index contributed by atoms with van der Waals surface area (Å²) < 4.78 is 41.0. The summed E-state index contributed by atoms with van der Waals surface area (Å²) in [6.07, 6.45) is 0.621. The molecule has 0 bridgehead atoms. The summed E-state index contributed by atoms with van der Waals surface area (Å²) in [4.78, 5) is 20.4. The Hall–Kier alpha value is -2.20. The van der Waals surface area contributed by atoms with E-state index in [4.69, 9.17) is 0 Å². The van der Waals surface area contributed by atoms with Gasteiger partial charge in [-0.3, -0.25) is 4.79 Å². The first-order valence-electron chi connectivity index (χ1n) is 9.19. The molecule has 0 aliphatic heterocycles. The third kappa shape index (κ3) is 5.24. The Morgan fingerprint density at radius 3 is 2.52 bits per heavy atom. The summed E-state index contributed by atoms with van der Waals surface area (Å²) in [5.74, 6) is -0.378. The molecule has 2 aromatic heterocycles. The second-order valence-electron chi connectivity index (χ2n) is 8.18. The van der Waals surface area contributed by atoms with Crippen LogP contribution in [0.4, 0.5) is 19.0 Å². The first kappa shape index (κ1) is 21.5. The second kappa shape index (κ2) is 7.56. The van der Waals surface area contributed by atoms with E-state index >= 15 is 0 Å². The van der Waals surface area contributed by atoms with E-state index in [9.17, 15) is 23.1 Å². The maximum Gasteiger partial charge on any atom is 0.417 e. The van der Waals surface area contributed by atoms with E-state index < -0.39 is 23.2 Å². The highest BCUT2D eigenvalue weighted by Gasteiger charge is 2.37. The highest BCUT2D eigenvalue weighted by molar-refractivity contribution is 7.17. The average Bonchev–Trinajstić information content (AvgIpc) is 3.07. The molecule has 158 valence electrons. The van der Waals surface area contributed by atoms with Crippen LogP contribution in [0.3, 0.4) is 0 Å². The van der Waals surface area contributed by atoms with Crippen molar-refractivity contribution in [2.45, 2.75) is 57.3 Å². The lowest BCUT2D eigenvalue weighted by molar-refractivity contribution is -0.137. The zero-order valence-corrected chi connectivity index (χ0v) is 17.2. The van der Waals surface area contributed by atoms with Crippen LogP contribution in [0.25, 0.3) is 10.4 Å². The van der Waals surface area contributed by atoms with Crippen molar-refractivity contribution < 1.29 is 23.1 Å². The number of carbonyl (C=O) groups is 1. The van der Waals surface area contributed by atoms with Crippen molar-refractivity contribution in [1.82, 2.24) is 15.3 Å². The molecule has 0 unspecified atom stereocenters. The number of carbonyl (C=O) groups excluding carboxylic acids is 1. The molecule has 29 heavy (non-hydrogen) atoms. The fraction of sp³-hybridized carbons (Fsp3) is 0.526. The minimum atomic E-state index is -4.58. The van der Waals surface area contributed by atoms with Crippen LogP contribution in [0.2, 0.25) is 0 Å². The molecule has 1 aliphatic rings. The number of halogens is 3. The zero-order valence-electron chi connectivity index (χ0n) is 16.4. The van der Waals surface area contributed by atoms with Gasteiger partial charge in [0.05, 0.1) is 16.0 Å². The maximum absolute atomic E-state index is 13.7. The van der Waals surface area contributed by atoms with Gasteiger partial charge in [-0.05, 0) is 46.1 Å². The largest absolute Gasteiger partial charge is 0.417 e. The van der Waals surface area contributed by atoms with Gasteiger partial charge in [0, 0.05) is 30.0 Å². The summed E-state index contributed by atoms with van der Waals surface area (Å²) in [7, 11) is 0. The number of hydrogen-bond donors (Lipinski definition) is 3. The molecule has 1 aliphatic carbocycles. The Balaban J connectivity index is 1.86. The normalized spacial score (nSPS) is 16.2. The number of pyridine rings is 1. The summed E-state index contributed by atoms with van der Waals surface area (Å²) in [5, 5.41) is 15.3. The maximum atomic E-state index is 13.7. The van der Waals surface area contributed by atoms with Crippen molar-refractivity contribution in [2.24, 2.45) is 0 Å².